The van der Waals surface area contributed by atoms with Crippen LogP contribution in [0.3, 0.4) is 0 Å². The zero-order valence-electron chi connectivity index (χ0n) is 26.7. The number of ether oxygens (including phenoxy) is 3. The Hall–Kier alpha value is -4.84. The molecule has 0 aromatic heterocycles. The summed E-state index contributed by atoms with van der Waals surface area (Å²) in [6, 6.07) is 18.8. The molecule has 12 nitrogen and oxygen atoms in total. The van der Waals surface area contributed by atoms with Crippen molar-refractivity contribution < 1.29 is 53.4 Å². The van der Waals surface area contributed by atoms with Crippen molar-refractivity contribution in [2.75, 3.05) is 18.6 Å². The second kappa shape index (κ2) is 15.6. The number of nitrogens with zero attached hydrogens (tertiary/aromatic N) is 1. The molecule has 5 rings (SSSR count). The van der Waals surface area contributed by atoms with Crippen LogP contribution in [0.2, 0.25) is 0 Å². The molecule has 2 aliphatic heterocycles. The number of methoxy groups -OCH3 is 1. The Bertz CT molecular complexity index is 1690. The number of β-lactam (4-membered cyclic amide) rings is 1. The summed E-state index contributed by atoms with van der Waals surface area (Å²) in [5.41, 5.74) is 2.59. The van der Waals surface area contributed by atoms with Crippen LogP contribution in [0.25, 0.3) is 0 Å². The third-order valence-electron chi connectivity index (χ3n) is 8.50. The topological polar surface area (TPSA) is 175 Å². The van der Waals surface area contributed by atoms with Gasteiger partial charge in [0.25, 0.3) is 0 Å². The van der Waals surface area contributed by atoms with E-state index in [0.29, 0.717) is 23.2 Å². The van der Waals surface area contributed by atoms with Crippen LogP contribution in [0.5, 0.6) is 5.75 Å². The van der Waals surface area contributed by atoms with Gasteiger partial charge in [-0.2, -0.15) is 0 Å². The first-order valence-corrected chi connectivity index (χ1v) is 15.6. The van der Waals surface area contributed by atoms with Crippen LogP contribution in [-0.4, -0.2) is 82.6 Å². The van der Waals surface area contributed by atoms with Gasteiger partial charge in [0, 0.05) is 18.2 Å². The summed E-state index contributed by atoms with van der Waals surface area (Å²) >= 11 is 0. The largest absolute Gasteiger partial charge is 0.467 e. The summed E-state index contributed by atoms with van der Waals surface area (Å²) in [5, 5.41) is 44.2. The standard InChI is InChI=1S/C36H37FN2O10/c1-20(40)38-19-3-4-21-5-13-25(14-6-21)39-29(27(34(39)45)17-18-28(41)22-7-11-24(37)12-8-22)23-9-15-26(16-10-23)48-36-32(44)30(42)31(43)33(49-36)35(46)47-2/h5-16,27-33,36,41-44H,17-19H2,1-2H3,(H,38,40)/t27-,28+,29?,30+,31+,32-,33+,36-/m1/s1. The third-order valence-corrected chi connectivity index (χ3v) is 8.50. The van der Waals surface area contributed by atoms with Crippen molar-refractivity contribution in [3.05, 3.63) is 95.3 Å². The molecule has 8 atom stereocenters. The third kappa shape index (κ3) is 8.07. The number of aliphatic hydroxyl groups excluding tert-OH is 4. The zero-order chi connectivity index (χ0) is 35.2. The van der Waals surface area contributed by atoms with Crippen LogP contribution >= 0.6 is 0 Å². The highest BCUT2D eigenvalue weighted by atomic mass is 19.1. The predicted molar refractivity (Wildman–Crippen MR) is 172 cm³/mol. The number of rotatable bonds is 10. The number of nitrogens with one attached hydrogen (secondary N) is 1. The zero-order valence-corrected chi connectivity index (χ0v) is 26.7. The van der Waals surface area contributed by atoms with Crippen LogP contribution in [0, 0.1) is 23.6 Å². The average Bonchev–Trinajstić information content (AvgIpc) is 3.10. The molecule has 2 aliphatic rings. The fourth-order valence-electron chi connectivity index (χ4n) is 5.84. The lowest BCUT2D eigenvalue weighted by Gasteiger charge is -2.48. The molecule has 3 aromatic rings. The highest BCUT2D eigenvalue weighted by Crippen LogP contribution is 2.46. The Morgan fingerprint density at radius 1 is 0.980 bits per heavy atom. The highest BCUT2D eigenvalue weighted by Gasteiger charge is 2.50. The second-order valence-corrected chi connectivity index (χ2v) is 11.8. The minimum atomic E-state index is -1.74. The van der Waals surface area contributed by atoms with Crippen molar-refractivity contribution in [3.63, 3.8) is 0 Å². The van der Waals surface area contributed by atoms with Gasteiger partial charge in [0.2, 0.25) is 18.1 Å². The van der Waals surface area contributed by atoms with Crippen LogP contribution < -0.4 is 15.0 Å². The van der Waals surface area contributed by atoms with Gasteiger partial charge in [0.05, 0.1) is 31.7 Å². The maximum Gasteiger partial charge on any atom is 0.337 e. The average molecular weight is 677 g/mol. The van der Waals surface area contributed by atoms with Crippen LogP contribution in [0.15, 0.2) is 72.8 Å². The van der Waals surface area contributed by atoms with E-state index in [2.05, 4.69) is 21.9 Å². The Morgan fingerprint density at radius 3 is 2.29 bits per heavy atom. The van der Waals surface area contributed by atoms with Gasteiger partial charge >= 0.3 is 5.97 Å². The van der Waals surface area contributed by atoms with Gasteiger partial charge in [-0.25, -0.2) is 9.18 Å². The second-order valence-electron chi connectivity index (χ2n) is 11.8. The smallest absolute Gasteiger partial charge is 0.337 e. The van der Waals surface area contributed by atoms with Gasteiger partial charge in [-0.3, -0.25) is 9.59 Å². The molecule has 258 valence electrons. The molecule has 2 amide bonds. The minimum Gasteiger partial charge on any atom is -0.467 e. The summed E-state index contributed by atoms with van der Waals surface area (Å²) < 4.78 is 29.2. The lowest BCUT2D eigenvalue weighted by atomic mass is 9.78. The number of carbonyl (C=O) groups is 3. The van der Waals surface area contributed by atoms with Crippen LogP contribution in [0.4, 0.5) is 10.1 Å². The maximum atomic E-state index is 13.6. The van der Waals surface area contributed by atoms with E-state index in [9.17, 15) is 39.2 Å². The number of halogens is 1. The van der Waals surface area contributed by atoms with Crippen molar-refractivity contribution in [2.45, 2.75) is 62.6 Å². The molecule has 2 saturated heterocycles. The molecular weight excluding hydrogens is 639 g/mol. The van der Waals surface area contributed by atoms with Crippen LogP contribution in [0.1, 0.15) is 48.6 Å². The quantitative estimate of drug-likeness (QED) is 0.121. The molecular formula is C36H37FN2O10. The highest BCUT2D eigenvalue weighted by molar-refractivity contribution is 6.03. The lowest BCUT2D eigenvalue weighted by molar-refractivity contribution is -0.271. The van der Waals surface area contributed by atoms with Crippen LogP contribution in [-0.2, 0) is 23.9 Å². The number of amides is 2. The van der Waals surface area contributed by atoms with Gasteiger partial charge in [-0.15, -0.1) is 0 Å². The van der Waals surface area contributed by atoms with E-state index in [1.54, 1.807) is 53.4 Å². The number of carbonyl (C=O) groups excluding carboxylic acids is 3. The SMILES string of the molecule is COC(=O)[C@H]1O[C@@H](Oc2ccc(C3[C@@H](CC[C@H](O)c4ccc(F)cc4)C(=O)N3c3ccc(C#CCNC(C)=O)cc3)cc2)[C@H](O)[C@@H](O)[C@@H]1O. The van der Waals surface area contributed by atoms with Gasteiger partial charge in [0.1, 0.15) is 29.9 Å². The Kier molecular flexibility index (Phi) is 11.3. The number of aliphatic hydroxyl groups is 4. The fourth-order valence-corrected chi connectivity index (χ4v) is 5.84. The van der Waals surface area contributed by atoms with Gasteiger partial charge < -0.3 is 44.9 Å². The number of anilines is 1. The minimum absolute atomic E-state index is 0.152. The summed E-state index contributed by atoms with van der Waals surface area (Å²) in [6.45, 7) is 1.61. The van der Waals surface area contributed by atoms with E-state index >= 15 is 0 Å². The molecule has 2 heterocycles. The molecule has 0 spiro atoms. The van der Waals surface area contributed by atoms with Gasteiger partial charge in [-0.05, 0) is 72.5 Å². The summed E-state index contributed by atoms with van der Waals surface area (Å²) in [4.78, 5) is 38.4. The van der Waals surface area contributed by atoms with Crippen molar-refractivity contribution in [2.24, 2.45) is 5.92 Å². The Labute approximate surface area is 282 Å². The molecule has 1 unspecified atom stereocenters. The maximum absolute atomic E-state index is 13.6. The van der Waals surface area contributed by atoms with Gasteiger partial charge in [0.15, 0.2) is 6.10 Å². The molecule has 5 N–H and O–H groups in total. The summed E-state index contributed by atoms with van der Waals surface area (Å²) in [6.07, 6.45) is -8.54. The number of esters is 1. The first-order valence-electron chi connectivity index (χ1n) is 15.6. The molecule has 0 saturated carbocycles. The van der Waals surface area contributed by atoms with E-state index in [4.69, 9.17) is 9.47 Å². The predicted octanol–water partition coefficient (Wildman–Crippen LogP) is 1.89. The Balaban J connectivity index is 1.34. The first kappa shape index (κ1) is 35.5. The molecule has 0 aliphatic carbocycles. The van der Waals surface area contributed by atoms with E-state index in [-0.39, 0.29) is 30.5 Å². The Morgan fingerprint density at radius 2 is 1.65 bits per heavy atom. The first-order chi connectivity index (χ1) is 23.5. The monoisotopic (exact) mass is 676 g/mol. The number of hydrogen-bond donors (Lipinski definition) is 5. The summed E-state index contributed by atoms with van der Waals surface area (Å²) in [7, 11) is 1.09. The molecule has 3 aromatic carbocycles. The number of benzene rings is 3. The lowest BCUT2D eigenvalue weighted by Crippen LogP contribution is -2.61. The van der Waals surface area contributed by atoms with E-state index in [1.165, 1.54) is 31.2 Å². The molecule has 0 radical (unpaired) electrons. The summed E-state index contributed by atoms with van der Waals surface area (Å²) in [5.74, 6) is 3.84. The van der Waals surface area contributed by atoms with Gasteiger partial charge in [-0.1, -0.05) is 36.1 Å². The molecule has 13 heteroatoms. The van der Waals surface area contributed by atoms with E-state index in [1.807, 2.05) is 0 Å². The van der Waals surface area contributed by atoms with Crippen molar-refractivity contribution >= 4 is 23.5 Å². The van der Waals surface area contributed by atoms with E-state index < -0.39 is 60.6 Å². The molecule has 0 bridgehead atoms. The fraction of sp³-hybridized carbons (Fsp3) is 0.361. The number of hydrogen-bond acceptors (Lipinski definition) is 10. The normalized spacial score (nSPS) is 25.3. The van der Waals surface area contributed by atoms with Crippen molar-refractivity contribution in [1.29, 1.82) is 0 Å². The molecule has 2 fully saturated rings. The van der Waals surface area contributed by atoms with Crippen molar-refractivity contribution in [3.8, 4) is 17.6 Å². The van der Waals surface area contributed by atoms with E-state index in [0.717, 1.165) is 12.7 Å². The molecule has 49 heavy (non-hydrogen) atoms. The van der Waals surface area contributed by atoms with Crippen molar-refractivity contribution in [1.82, 2.24) is 5.32 Å².